The first-order valence-corrected chi connectivity index (χ1v) is 5.83. The van der Waals surface area contributed by atoms with Crippen molar-refractivity contribution >= 4 is 17.7 Å². The van der Waals surface area contributed by atoms with Crippen LogP contribution in [0.1, 0.15) is 25.3 Å². The average molecular weight is 250 g/mol. The summed E-state index contributed by atoms with van der Waals surface area (Å²) in [6, 6.07) is 6.95. The van der Waals surface area contributed by atoms with Gasteiger partial charge in [-0.1, -0.05) is 17.7 Å². The first-order valence-electron chi connectivity index (χ1n) is 5.83. The maximum Gasteiger partial charge on any atom is 0.319 e. The number of hydrogen-bond acceptors (Lipinski definition) is 2. The van der Waals surface area contributed by atoms with Crippen molar-refractivity contribution in [3.63, 3.8) is 0 Å². The zero-order valence-electron chi connectivity index (χ0n) is 10.6. The highest BCUT2D eigenvalue weighted by molar-refractivity contribution is 5.89. The van der Waals surface area contributed by atoms with Crippen molar-refractivity contribution in [2.75, 3.05) is 5.32 Å². The molecule has 0 radical (unpaired) electrons. The molecule has 18 heavy (non-hydrogen) atoms. The van der Waals surface area contributed by atoms with Crippen LogP contribution in [0.5, 0.6) is 0 Å². The maximum absolute atomic E-state index is 11.6. The van der Waals surface area contributed by atoms with Gasteiger partial charge >= 0.3 is 12.0 Å². The number of carbonyl (C=O) groups is 2. The second kappa shape index (κ2) is 6.64. The molecular weight excluding hydrogens is 232 g/mol. The van der Waals surface area contributed by atoms with Crippen LogP contribution in [0.15, 0.2) is 24.3 Å². The molecule has 98 valence electrons. The monoisotopic (exact) mass is 250 g/mol. The second-order valence-corrected chi connectivity index (χ2v) is 4.30. The van der Waals surface area contributed by atoms with E-state index in [1.807, 2.05) is 31.2 Å². The minimum Gasteiger partial charge on any atom is -0.481 e. The van der Waals surface area contributed by atoms with E-state index in [-0.39, 0.29) is 18.5 Å². The second-order valence-electron chi connectivity index (χ2n) is 4.30. The Morgan fingerprint density at radius 1 is 1.28 bits per heavy atom. The lowest BCUT2D eigenvalue weighted by atomic mass is 10.2. The highest BCUT2D eigenvalue weighted by atomic mass is 16.4. The zero-order valence-corrected chi connectivity index (χ0v) is 10.6. The third-order valence-corrected chi connectivity index (χ3v) is 2.48. The number of rotatable bonds is 5. The molecule has 2 amide bonds. The summed E-state index contributed by atoms with van der Waals surface area (Å²) < 4.78 is 0. The largest absolute Gasteiger partial charge is 0.481 e. The standard InChI is InChI=1S/C13H18N2O3/c1-9-3-6-11(7-4-9)15-13(18)14-10(2)5-8-12(16)17/h3-4,6-7,10H,5,8H2,1-2H3,(H,16,17)(H2,14,15,18). The van der Waals surface area contributed by atoms with E-state index in [1.165, 1.54) is 0 Å². The number of anilines is 1. The topological polar surface area (TPSA) is 78.4 Å². The summed E-state index contributed by atoms with van der Waals surface area (Å²) in [4.78, 5) is 22.0. The lowest BCUT2D eigenvalue weighted by Gasteiger charge is -2.13. The van der Waals surface area contributed by atoms with Gasteiger partial charge in [-0.25, -0.2) is 4.79 Å². The molecule has 0 saturated carbocycles. The van der Waals surface area contributed by atoms with Gasteiger partial charge in [0.25, 0.3) is 0 Å². The van der Waals surface area contributed by atoms with Gasteiger partial charge in [0.1, 0.15) is 0 Å². The summed E-state index contributed by atoms with van der Waals surface area (Å²) in [5.41, 5.74) is 1.83. The summed E-state index contributed by atoms with van der Waals surface area (Å²) >= 11 is 0. The van der Waals surface area contributed by atoms with Crippen molar-refractivity contribution in [1.82, 2.24) is 5.32 Å². The van der Waals surface area contributed by atoms with E-state index in [0.717, 1.165) is 5.56 Å². The molecule has 0 aliphatic heterocycles. The van der Waals surface area contributed by atoms with Crippen molar-refractivity contribution in [2.45, 2.75) is 32.7 Å². The van der Waals surface area contributed by atoms with Crippen molar-refractivity contribution in [2.24, 2.45) is 0 Å². The molecular formula is C13H18N2O3. The van der Waals surface area contributed by atoms with Gasteiger partial charge in [0, 0.05) is 18.2 Å². The smallest absolute Gasteiger partial charge is 0.319 e. The molecule has 3 N–H and O–H groups in total. The molecule has 0 fully saturated rings. The predicted octanol–water partition coefficient (Wildman–Crippen LogP) is 2.37. The van der Waals surface area contributed by atoms with E-state index >= 15 is 0 Å². The molecule has 0 heterocycles. The van der Waals surface area contributed by atoms with Crippen LogP contribution in [0, 0.1) is 6.92 Å². The van der Waals surface area contributed by atoms with E-state index in [9.17, 15) is 9.59 Å². The Labute approximate surface area is 106 Å². The van der Waals surface area contributed by atoms with E-state index in [1.54, 1.807) is 6.92 Å². The van der Waals surface area contributed by atoms with Gasteiger partial charge in [-0.05, 0) is 32.4 Å². The van der Waals surface area contributed by atoms with Crippen molar-refractivity contribution in [3.8, 4) is 0 Å². The summed E-state index contributed by atoms with van der Waals surface area (Å²) in [6.45, 7) is 3.75. The van der Waals surface area contributed by atoms with Crippen molar-refractivity contribution in [3.05, 3.63) is 29.8 Å². The first kappa shape index (κ1) is 14.0. The van der Waals surface area contributed by atoms with E-state index in [0.29, 0.717) is 12.1 Å². The number of urea groups is 1. The summed E-state index contributed by atoms with van der Waals surface area (Å²) in [5, 5.41) is 13.9. The van der Waals surface area contributed by atoms with Crippen LogP contribution in [0.3, 0.4) is 0 Å². The molecule has 1 atom stereocenters. The lowest BCUT2D eigenvalue weighted by Crippen LogP contribution is -2.36. The number of nitrogens with one attached hydrogen (secondary N) is 2. The van der Waals surface area contributed by atoms with Gasteiger partial charge in [-0.2, -0.15) is 0 Å². The molecule has 5 nitrogen and oxygen atoms in total. The van der Waals surface area contributed by atoms with Gasteiger partial charge in [-0.15, -0.1) is 0 Å². The van der Waals surface area contributed by atoms with Crippen LogP contribution in [0.4, 0.5) is 10.5 Å². The normalized spacial score (nSPS) is 11.7. The molecule has 5 heteroatoms. The molecule has 1 aromatic carbocycles. The number of aryl methyl sites for hydroxylation is 1. The van der Waals surface area contributed by atoms with Crippen molar-refractivity contribution < 1.29 is 14.7 Å². The number of hydrogen-bond donors (Lipinski definition) is 3. The predicted molar refractivity (Wildman–Crippen MR) is 69.7 cm³/mol. The minimum atomic E-state index is -0.859. The van der Waals surface area contributed by atoms with Crippen LogP contribution in [0.25, 0.3) is 0 Å². The van der Waals surface area contributed by atoms with E-state index in [4.69, 9.17) is 5.11 Å². The Bertz CT molecular complexity index is 415. The van der Waals surface area contributed by atoms with Gasteiger partial charge in [0.15, 0.2) is 0 Å². The third kappa shape index (κ3) is 5.34. The highest BCUT2D eigenvalue weighted by Crippen LogP contribution is 2.08. The highest BCUT2D eigenvalue weighted by Gasteiger charge is 2.08. The van der Waals surface area contributed by atoms with Gasteiger partial charge in [-0.3, -0.25) is 4.79 Å². The Kier molecular flexibility index (Phi) is 5.17. The minimum absolute atomic E-state index is 0.0476. The molecule has 1 aromatic rings. The lowest BCUT2D eigenvalue weighted by molar-refractivity contribution is -0.137. The summed E-state index contributed by atoms with van der Waals surface area (Å²) in [7, 11) is 0. The fraction of sp³-hybridized carbons (Fsp3) is 0.385. The molecule has 1 rings (SSSR count). The molecule has 0 aliphatic carbocycles. The fourth-order valence-corrected chi connectivity index (χ4v) is 1.44. The average Bonchev–Trinajstić information content (AvgIpc) is 2.29. The Balaban J connectivity index is 2.37. The van der Waals surface area contributed by atoms with Gasteiger partial charge < -0.3 is 15.7 Å². The molecule has 0 bridgehead atoms. The Morgan fingerprint density at radius 3 is 2.44 bits per heavy atom. The SMILES string of the molecule is Cc1ccc(NC(=O)NC(C)CCC(=O)O)cc1. The van der Waals surface area contributed by atoms with Crippen LogP contribution in [0.2, 0.25) is 0 Å². The van der Waals surface area contributed by atoms with Crippen molar-refractivity contribution in [1.29, 1.82) is 0 Å². The number of carboxylic acid groups (broad SMARTS) is 1. The first-order chi connectivity index (χ1) is 8.47. The number of aliphatic carboxylic acids is 1. The molecule has 1 unspecified atom stereocenters. The van der Waals surface area contributed by atoms with E-state index < -0.39 is 5.97 Å². The molecule has 0 aliphatic rings. The van der Waals surface area contributed by atoms with Crippen LogP contribution in [-0.2, 0) is 4.79 Å². The summed E-state index contributed by atoms with van der Waals surface area (Å²) in [6.07, 6.45) is 0.461. The van der Waals surface area contributed by atoms with Gasteiger partial charge in [0.2, 0.25) is 0 Å². The fourth-order valence-electron chi connectivity index (χ4n) is 1.44. The quantitative estimate of drug-likeness (QED) is 0.750. The van der Waals surface area contributed by atoms with Gasteiger partial charge in [0.05, 0.1) is 0 Å². The zero-order chi connectivity index (χ0) is 13.5. The van der Waals surface area contributed by atoms with E-state index in [2.05, 4.69) is 10.6 Å². The van der Waals surface area contributed by atoms with Crippen LogP contribution < -0.4 is 10.6 Å². The maximum atomic E-state index is 11.6. The molecule has 0 aromatic heterocycles. The molecule has 0 spiro atoms. The third-order valence-electron chi connectivity index (χ3n) is 2.48. The number of amides is 2. The number of carbonyl (C=O) groups excluding carboxylic acids is 1. The molecule has 0 saturated heterocycles. The number of carboxylic acids is 1. The Morgan fingerprint density at radius 2 is 1.89 bits per heavy atom. The summed E-state index contributed by atoms with van der Waals surface area (Å²) in [5.74, 6) is -0.859. The van der Waals surface area contributed by atoms with Crippen LogP contribution >= 0.6 is 0 Å². The Hall–Kier alpha value is -2.04. The van der Waals surface area contributed by atoms with Crippen LogP contribution in [-0.4, -0.2) is 23.1 Å². The number of benzene rings is 1.